The first kappa shape index (κ1) is 14.4. The molecule has 2 aliphatic heterocycles. The molecule has 2 unspecified atom stereocenters. The Morgan fingerprint density at radius 1 is 1.33 bits per heavy atom. The van der Waals surface area contributed by atoms with Gasteiger partial charge in [0.05, 0.1) is 0 Å². The highest BCUT2D eigenvalue weighted by Crippen LogP contribution is 2.30. The second-order valence-corrected chi connectivity index (χ2v) is 6.32. The molecule has 0 bridgehead atoms. The maximum absolute atomic E-state index is 12.8. The molecule has 0 aromatic heterocycles. The van der Waals surface area contributed by atoms with Crippen molar-refractivity contribution >= 4 is 5.91 Å². The molecule has 2 fully saturated rings. The summed E-state index contributed by atoms with van der Waals surface area (Å²) in [6, 6.07) is 5.60. The van der Waals surface area contributed by atoms with Crippen LogP contribution in [0.1, 0.15) is 41.6 Å². The number of phenols is 1. The van der Waals surface area contributed by atoms with Gasteiger partial charge in [0.25, 0.3) is 5.91 Å². The summed E-state index contributed by atoms with van der Waals surface area (Å²) in [6.07, 6.45) is 4.61. The third kappa shape index (κ3) is 2.91. The largest absolute Gasteiger partial charge is 0.508 e. The van der Waals surface area contributed by atoms with Crippen LogP contribution < -0.4 is 5.32 Å². The van der Waals surface area contributed by atoms with Gasteiger partial charge in [-0.25, -0.2) is 0 Å². The lowest BCUT2D eigenvalue weighted by Gasteiger charge is -2.34. The minimum absolute atomic E-state index is 0.0679. The minimum Gasteiger partial charge on any atom is -0.508 e. The van der Waals surface area contributed by atoms with Crippen LogP contribution in [-0.4, -0.2) is 41.6 Å². The number of phenolic OH excluding ortho intramolecular Hbond substituents is 1. The number of rotatable bonds is 2. The number of hydrogen-bond acceptors (Lipinski definition) is 3. The van der Waals surface area contributed by atoms with E-state index in [4.69, 9.17) is 0 Å². The summed E-state index contributed by atoms with van der Waals surface area (Å²) in [5.74, 6) is 0.846. The van der Waals surface area contributed by atoms with Crippen LogP contribution in [-0.2, 0) is 0 Å². The van der Waals surface area contributed by atoms with Crippen molar-refractivity contribution < 1.29 is 9.90 Å². The summed E-state index contributed by atoms with van der Waals surface area (Å²) < 4.78 is 0. The molecule has 4 heteroatoms. The Kier molecular flexibility index (Phi) is 4.15. The van der Waals surface area contributed by atoms with Gasteiger partial charge in [-0.05, 0) is 69.3 Å². The Morgan fingerprint density at radius 3 is 2.90 bits per heavy atom. The molecule has 0 saturated carbocycles. The van der Waals surface area contributed by atoms with Crippen molar-refractivity contribution in [2.24, 2.45) is 5.92 Å². The van der Waals surface area contributed by atoms with Crippen LogP contribution in [0.4, 0.5) is 0 Å². The number of amides is 1. The zero-order valence-electron chi connectivity index (χ0n) is 12.6. The van der Waals surface area contributed by atoms with Crippen molar-refractivity contribution in [3.63, 3.8) is 0 Å². The zero-order chi connectivity index (χ0) is 14.8. The fourth-order valence-corrected chi connectivity index (χ4v) is 3.65. The third-order valence-electron chi connectivity index (χ3n) is 4.90. The van der Waals surface area contributed by atoms with Gasteiger partial charge >= 0.3 is 0 Å². The van der Waals surface area contributed by atoms with Crippen molar-refractivity contribution in [1.82, 2.24) is 10.2 Å². The van der Waals surface area contributed by atoms with E-state index in [0.29, 0.717) is 17.5 Å². The van der Waals surface area contributed by atoms with E-state index in [1.807, 2.05) is 24.0 Å². The molecule has 0 radical (unpaired) electrons. The normalized spacial score (nSPS) is 26.0. The number of hydrogen-bond donors (Lipinski definition) is 2. The molecule has 1 amide bonds. The lowest BCUT2D eigenvalue weighted by Crippen LogP contribution is -2.45. The molecule has 114 valence electrons. The van der Waals surface area contributed by atoms with Crippen molar-refractivity contribution in [3.05, 3.63) is 29.3 Å². The van der Waals surface area contributed by atoms with Crippen molar-refractivity contribution in [1.29, 1.82) is 0 Å². The molecule has 0 aliphatic carbocycles. The second kappa shape index (κ2) is 6.06. The van der Waals surface area contributed by atoms with Crippen LogP contribution in [0.25, 0.3) is 0 Å². The van der Waals surface area contributed by atoms with E-state index in [9.17, 15) is 9.90 Å². The zero-order valence-corrected chi connectivity index (χ0v) is 12.6. The number of aryl methyl sites for hydroxylation is 1. The number of aromatic hydroxyl groups is 1. The van der Waals surface area contributed by atoms with Gasteiger partial charge in [-0.1, -0.05) is 6.07 Å². The van der Waals surface area contributed by atoms with E-state index in [1.165, 1.54) is 12.8 Å². The molecular formula is C17H24N2O2. The first-order valence-corrected chi connectivity index (χ1v) is 7.98. The predicted octanol–water partition coefficient (Wildman–Crippen LogP) is 2.30. The summed E-state index contributed by atoms with van der Waals surface area (Å²) in [5.41, 5.74) is 1.41. The van der Waals surface area contributed by atoms with E-state index in [1.54, 1.807) is 6.07 Å². The molecule has 3 rings (SSSR count). The van der Waals surface area contributed by atoms with E-state index in [0.717, 1.165) is 38.0 Å². The van der Waals surface area contributed by atoms with Crippen molar-refractivity contribution in [3.8, 4) is 5.75 Å². The molecule has 2 saturated heterocycles. The number of carbonyl (C=O) groups excluding carboxylic acids is 1. The maximum Gasteiger partial charge on any atom is 0.254 e. The molecule has 1 aromatic rings. The fourth-order valence-electron chi connectivity index (χ4n) is 3.65. The Balaban J connectivity index is 1.77. The van der Waals surface area contributed by atoms with Gasteiger partial charge in [-0.3, -0.25) is 4.79 Å². The average Bonchev–Trinajstić information content (AvgIpc) is 2.99. The minimum atomic E-state index is 0.0679. The molecule has 0 spiro atoms. The molecule has 4 nitrogen and oxygen atoms in total. The Morgan fingerprint density at radius 2 is 2.19 bits per heavy atom. The van der Waals surface area contributed by atoms with Crippen LogP contribution >= 0.6 is 0 Å². The quantitative estimate of drug-likeness (QED) is 0.878. The van der Waals surface area contributed by atoms with Crippen LogP contribution in [0.2, 0.25) is 0 Å². The van der Waals surface area contributed by atoms with Gasteiger partial charge in [0.2, 0.25) is 0 Å². The van der Waals surface area contributed by atoms with Crippen LogP contribution in [0, 0.1) is 12.8 Å². The highest BCUT2D eigenvalue weighted by Gasteiger charge is 2.35. The van der Waals surface area contributed by atoms with Crippen LogP contribution in [0.15, 0.2) is 18.2 Å². The molecule has 2 atom stereocenters. The van der Waals surface area contributed by atoms with Gasteiger partial charge < -0.3 is 15.3 Å². The Bertz CT molecular complexity index is 524. The molecular weight excluding hydrogens is 264 g/mol. The number of nitrogens with one attached hydrogen (secondary N) is 1. The van der Waals surface area contributed by atoms with E-state index in [2.05, 4.69) is 5.32 Å². The maximum atomic E-state index is 12.8. The third-order valence-corrected chi connectivity index (χ3v) is 4.90. The summed E-state index contributed by atoms with van der Waals surface area (Å²) in [6.45, 7) is 4.81. The molecule has 2 heterocycles. The summed E-state index contributed by atoms with van der Waals surface area (Å²) in [7, 11) is 0. The second-order valence-electron chi connectivity index (χ2n) is 6.32. The number of nitrogens with zero attached hydrogens (tertiary/aromatic N) is 1. The predicted molar refractivity (Wildman–Crippen MR) is 82.5 cm³/mol. The Hall–Kier alpha value is -1.55. The first-order valence-electron chi connectivity index (χ1n) is 7.98. The van der Waals surface area contributed by atoms with E-state index in [-0.39, 0.29) is 11.7 Å². The van der Waals surface area contributed by atoms with Crippen molar-refractivity contribution in [2.75, 3.05) is 19.6 Å². The van der Waals surface area contributed by atoms with Crippen molar-refractivity contribution in [2.45, 2.75) is 38.6 Å². The highest BCUT2D eigenvalue weighted by molar-refractivity contribution is 5.95. The number of carbonyl (C=O) groups is 1. The Labute approximate surface area is 126 Å². The number of piperidine rings is 1. The van der Waals surface area contributed by atoms with Gasteiger partial charge in [0.15, 0.2) is 0 Å². The number of benzene rings is 1. The van der Waals surface area contributed by atoms with E-state index < -0.39 is 0 Å². The lowest BCUT2D eigenvalue weighted by molar-refractivity contribution is 0.0670. The SMILES string of the molecule is Cc1ccc(C(=O)N2CCCC2C2CCCNC2)cc1O. The fraction of sp³-hybridized carbons (Fsp3) is 0.588. The average molecular weight is 288 g/mol. The lowest BCUT2D eigenvalue weighted by atomic mass is 9.90. The van der Waals surface area contributed by atoms with Crippen LogP contribution in [0.5, 0.6) is 5.75 Å². The van der Waals surface area contributed by atoms with Crippen LogP contribution in [0.3, 0.4) is 0 Å². The molecule has 2 aliphatic rings. The van der Waals surface area contributed by atoms with Gasteiger partial charge in [0, 0.05) is 18.2 Å². The monoisotopic (exact) mass is 288 g/mol. The molecule has 1 aromatic carbocycles. The highest BCUT2D eigenvalue weighted by atomic mass is 16.3. The van der Waals surface area contributed by atoms with E-state index >= 15 is 0 Å². The summed E-state index contributed by atoms with van der Waals surface area (Å²) in [4.78, 5) is 14.8. The topological polar surface area (TPSA) is 52.6 Å². The molecule has 21 heavy (non-hydrogen) atoms. The van der Waals surface area contributed by atoms with Gasteiger partial charge in [-0.2, -0.15) is 0 Å². The number of likely N-dealkylation sites (tertiary alicyclic amines) is 1. The first-order chi connectivity index (χ1) is 10.2. The summed E-state index contributed by atoms with van der Waals surface area (Å²) in [5, 5.41) is 13.3. The molecule has 2 N–H and O–H groups in total. The standard InChI is InChI=1S/C17H24N2O2/c1-12-6-7-13(10-16(12)20)17(21)19-9-3-5-15(19)14-4-2-8-18-11-14/h6-7,10,14-15,18,20H,2-5,8-9,11H2,1H3. The van der Waals surface area contributed by atoms with Gasteiger partial charge in [-0.15, -0.1) is 0 Å². The summed E-state index contributed by atoms with van der Waals surface area (Å²) >= 11 is 0. The smallest absolute Gasteiger partial charge is 0.254 e. The van der Waals surface area contributed by atoms with Gasteiger partial charge in [0.1, 0.15) is 5.75 Å².